The predicted molar refractivity (Wildman–Crippen MR) is 129 cm³/mol. The zero-order chi connectivity index (χ0) is 25.4. The molecule has 2 aliphatic heterocycles. The van der Waals surface area contributed by atoms with Crippen molar-refractivity contribution in [1.29, 1.82) is 0 Å². The molecule has 0 bridgehead atoms. The highest BCUT2D eigenvalue weighted by atomic mass is 16.6. The van der Waals surface area contributed by atoms with E-state index < -0.39 is 40.9 Å². The van der Waals surface area contributed by atoms with E-state index >= 15 is 0 Å². The first kappa shape index (κ1) is 22.9. The molecule has 0 aliphatic carbocycles. The van der Waals surface area contributed by atoms with Crippen LogP contribution in [0.3, 0.4) is 0 Å². The predicted octanol–water partition coefficient (Wildman–Crippen LogP) is 3.58. The molecule has 0 saturated heterocycles. The van der Waals surface area contributed by atoms with E-state index in [9.17, 15) is 24.5 Å². The zero-order valence-corrected chi connectivity index (χ0v) is 19.2. The third-order valence-corrected chi connectivity index (χ3v) is 6.24. The van der Waals surface area contributed by atoms with Crippen LogP contribution in [0.25, 0.3) is 0 Å². The Kier molecular flexibility index (Phi) is 5.77. The van der Waals surface area contributed by atoms with Gasteiger partial charge >= 0.3 is 0 Å². The highest BCUT2D eigenvalue weighted by molar-refractivity contribution is 6.24. The second-order valence-electron chi connectivity index (χ2n) is 8.30. The average molecular weight is 484 g/mol. The van der Waals surface area contributed by atoms with Crippen molar-refractivity contribution in [2.24, 2.45) is 5.10 Å². The van der Waals surface area contributed by atoms with Crippen molar-refractivity contribution in [3.63, 3.8) is 0 Å². The number of carbonyl (C=O) groups is 3. The molecule has 0 spiro atoms. The maximum Gasteiger partial charge on any atom is 0.282 e. The number of fused-ring (bicyclic) bond motifs is 1. The summed E-state index contributed by atoms with van der Waals surface area (Å²) in [5.74, 6) is -1.55. The van der Waals surface area contributed by atoms with Gasteiger partial charge in [0, 0.05) is 12.5 Å². The number of imide groups is 1. The number of rotatable bonds is 6. The highest BCUT2D eigenvalue weighted by Crippen LogP contribution is 2.35. The molecule has 0 saturated carbocycles. The first-order valence-corrected chi connectivity index (χ1v) is 11.1. The molecule has 0 unspecified atom stereocenters. The summed E-state index contributed by atoms with van der Waals surface area (Å²) >= 11 is 0. The SMILES string of the molecule is COc1ccc([C@H]2CC(c3ccccc3)=NN2C(=O)CN2C(=O)c3cccc([N+](=O)[O-])c3C2=O)cc1. The van der Waals surface area contributed by atoms with Gasteiger partial charge in [-0.2, -0.15) is 5.10 Å². The van der Waals surface area contributed by atoms with Gasteiger partial charge in [0.15, 0.2) is 0 Å². The largest absolute Gasteiger partial charge is 0.497 e. The molecule has 10 heteroatoms. The van der Waals surface area contributed by atoms with Crippen LogP contribution in [0, 0.1) is 10.1 Å². The quantitative estimate of drug-likeness (QED) is 0.299. The summed E-state index contributed by atoms with van der Waals surface area (Å²) in [5.41, 5.74) is 1.47. The van der Waals surface area contributed by atoms with Crippen LogP contribution in [0.4, 0.5) is 5.69 Å². The van der Waals surface area contributed by atoms with Crippen LogP contribution in [0.2, 0.25) is 0 Å². The third-order valence-electron chi connectivity index (χ3n) is 6.24. The molecule has 3 aromatic rings. The number of nitrogens with zero attached hydrogens (tertiary/aromatic N) is 4. The van der Waals surface area contributed by atoms with Crippen LogP contribution in [0.1, 0.15) is 44.3 Å². The molecular formula is C26H20N4O6. The monoisotopic (exact) mass is 484 g/mol. The Morgan fingerprint density at radius 3 is 2.42 bits per heavy atom. The Morgan fingerprint density at radius 1 is 1.03 bits per heavy atom. The van der Waals surface area contributed by atoms with Gasteiger partial charge in [0.05, 0.1) is 29.4 Å². The molecule has 0 fully saturated rings. The third kappa shape index (κ3) is 3.88. The van der Waals surface area contributed by atoms with Crippen molar-refractivity contribution in [2.75, 3.05) is 13.7 Å². The van der Waals surface area contributed by atoms with Crippen molar-refractivity contribution in [2.45, 2.75) is 12.5 Å². The number of hydrogen-bond donors (Lipinski definition) is 0. The fourth-order valence-electron chi connectivity index (χ4n) is 4.45. The number of benzene rings is 3. The summed E-state index contributed by atoms with van der Waals surface area (Å²) in [6.45, 7) is -0.596. The molecule has 10 nitrogen and oxygen atoms in total. The Labute approximate surface area is 205 Å². The van der Waals surface area contributed by atoms with Gasteiger partial charge in [-0.25, -0.2) is 5.01 Å². The summed E-state index contributed by atoms with van der Waals surface area (Å²) in [5, 5.41) is 17.2. The van der Waals surface area contributed by atoms with E-state index in [4.69, 9.17) is 4.74 Å². The lowest BCUT2D eigenvalue weighted by molar-refractivity contribution is -0.385. The average Bonchev–Trinajstić information content (AvgIpc) is 3.45. The molecule has 3 amide bonds. The van der Waals surface area contributed by atoms with Crippen LogP contribution < -0.4 is 4.74 Å². The van der Waals surface area contributed by atoms with Crippen LogP contribution in [-0.2, 0) is 4.79 Å². The summed E-state index contributed by atoms with van der Waals surface area (Å²) in [6.07, 6.45) is 0.426. The molecule has 5 rings (SSSR count). The number of hydrogen-bond acceptors (Lipinski definition) is 7. The second-order valence-corrected chi connectivity index (χ2v) is 8.30. The van der Waals surface area contributed by atoms with Gasteiger partial charge in [-0.05, 0) is 29.3 Å². The van der Waals surface area contributed by atoms with Crippen molar-refractivity contribution in [3.05, 3.63) is 105 Å². The smallest absolute Gasteiger partial charge is 0.282 e. The van der Waals surface area contributed by atoms with E-state index in [1.54, 1.807) is 19.2 Å². The van der Waals surface area contributed by atoms with Gasteiger partial charge in [0.25, 0.3) is 23.4 Å². The van der Waals surface area contributed by atoms with Crippen LogP contribution in [-0.4, -0.2) is 51.9 Å². The Hall–Kier alpha value is -4.86. The number of nitro groups is 1. The first-order valence-electron chi connectivity index (χ1n) is 11.1. The minimum atomic E-state index is -0.872. The molecule has 0 aromatic heterocycles. The molecule has 0 radical (unpaired) electrons. The number of nitro benzene ring substituents is 1. The Balaban J connectivity index is 1.46. The molecule has 2 aliphatic rings. The van der Waals surface area contributed by atoms with Gasteiger partial charge in [-0.15, -0.1) is 0 Å². The standard InChI is InChI=1S/C26H20N4O6/c1-36-18-12-10-17(11-13-18)22-14-20(16-6-3-2-4-7-16)27-29(22)23(31)15-28-25(32)19-8-5-9-21(30(34)35)24(19)26(28)33/h2-13,22H,14-15H2,1H3/t22-/m1/s1. The number of hydrazone groups is 1. The first-order chi connectivity index (χ1) is 17.4. The van der Waals surface area contributed by atoms with E-state index in [1.165, 1.54) is 17.1 Å². The topological polar surface area (TPSA) is 122 Å². The molecule has 180 valence electrons. The fraction of sp³-hybridized carbons (Fsp3) is 0.154. The van der Waals surface area contributed by atoms with Gasteiger partial charge in [-0.1, -0.05) is 48.5 Å². The van der Waals surface area contributed by atoms with Gasteiger partial charge in [-0.3, -0.25) is 29.4 Å². The van der Waals surface area contributed by atoms with Crippen LogP contribution in [0.15, 0.2) is 77.9 Å². The molecule has 36 heavy (non-hydrogen) atoms. The summed E-state index contributed by atoms with van der Waals surface area (Å²) < 4.78 is 5.23. The van der Waals surface area contributed by atoms with E-state index in [0.717, 1.165) is 22.1 Å². The lowest BCUT2D eigenvalue weighted by Gasteiger charge is -2.24. The van der Waals surface area contributed by atoms with Gasteiger partial charge in [0.1, 0.15) is 17.9 Å². The maximum atomic E-state index is 13.5. The maximum absolute atomic E-state index is 13.5. The lowest BCUT2D eigenvalue weighted by Crippen LogP contribution is -2.41. The minimum Gasteiger partial charge on any atom is -0.497 e. The van der Waals surface area contributed by atoms with Gasteiger partial charge < -0.3 is 4.74 Å². The summed E-state index contributed by atoms with van der Waals surface area (Å²) in [7, 11) is 1.56. The van der Waals surface area contributed by atoms with E-state index in [0.29, 0.717) is 17.9 Å². The minimum absolute atomic E-state index is 0.0939. The number of amides is 3. The molecule has 3 aromatic carbocycles. The normalized spacial score (nSPS) is 16.7. The Morgan fingerprint density at radius 2 is 1.75 bits per heavy atom. The molecule has 2 heterocycles. The van der Waals surface area contributed by atoms with Crippen LogP contribution in [0.5, 0.6) is 5.75 Å². The second kappa shape index (κ2) is 9.06. The zero-order valence-electron chi connectivity index (χ0n) is 19.2. The highest BCUT2D eigenvalue weighted by Gasteiger charge is 2.43. The van der Waals surface area contributed by atoms with E-state index in [2.05, 4.69) is 5.10 Å². The lowest BCUT2D eigenvalue weighted by atomic mass is 9.98. The van der Waals surface area contributed by atoms with Crippen molar-refractivity contribution < 1.29 is 24.0 Å². The molecule has 1 atom stereocenters. The van der Waals surface area contributed by atoms with Crippen LogP contribution >= 0.6 is 0 Å². The number of ether oxygens (including phenoxy) is 1. The van der Waals surface area contributed by atoms with Crippen molar-refractivity contribution in [1.82, 2.24) is 9.91 Å². The number of carbonyl (C=O) groups excluding carboxylic acids is 3. The molecular weight excluding hydrogens is 464 g/mol. The van der Waals surface area contributed by atoms with Gasteiger partial charge in [0.2, 0.25) is 0 Å². The Bertz CT molecular complexity index is 1420. The van der Waals surface area contributed by atoms with Crippen molar-refractivity contribution in [3.8, 4) is 5.75 Å². The summed E-state index contributed by atoms with van der Waals surface area (Å²) in [6, 6.07) is 20.0. The summed E-state index contributed by atoms with van der Waals surface area (Å²) in [4.78, 5) is 50.7. The number of methoxy groups -OCH3 is 1. The molecule has 0 N–H and O–H groups in total. The van der Waals surface area contributed by atoms with Crippen molar-refractivity contribution >= 4 is 29.1 Å². The fourth-order valence-corrected chi connectivity index (χ4v) is 4.45. The van der Waals surface area contributed by atoms with E-state index in [1.807, 2.05) is 42.5 Å². The van der Waals surface area contributed by atoms with E-state index in [-0.39, 0.29) is 11.1 Å².